The highest BCUT2D eigenvalue weighted by molar-refractivity contribution is 5.02. The molecule has 1 heterocycles. The SMILES string of the molecule is CCCOCC(C)(N)c1noc(CC(F)(F)F)n1. The lowest BCUT2D eigenvalue weighted by molar-refractivity contribution is -0.131. The first-order chi connectivity index (χ1) is 8.24. The predicted molar refractivity (Wildman–Crippen MR) is 56.7 cm³/mol. The topological polar surface area (TPSA) is 74.2 Å². The molecule has 0 saturated carbocycles. The number of rotatable bonds is 6. The standard InChI is InChI=1S/C10H16F3N3O2/c1-3-4-17-6-9(2,14)8-15-7(18-16-8)5-10(11,12)13/h3-6,14H2,1-2H3. The molecule has 0 aromatic carbocycles. The van der Waals surface area contributed by atoms with Crippen LogP contribution in [0.15, 0.2) is 4.52 Å². The Morgan fingerprint density at radius 3 is 2.61 bits per heavy atom. The van der Waals surface area contributed by atoms with Crippen LogP contribution in [-0.2, 0) is 16.7 Å². The van der Waals surface area contributed by atoms with Gasteiger partial charge in [-0.25, -0.2) is 0 Å². The van der Waals surface area contributed by atoms with Crippen LogP contribution in [0.4, 0.5) is 13.2 Å². The van der Waals surface area contributed by atoms with Gasteiger partial charge in [0.25, 0.3) is 0 Å². The van der Waals surface area contributed by atoms with Crippen LogP contribution in [-0.4, -0.2) is 29.5 Å². The first-order valence-electron chi connectivity index (χ1n) is 5.51. The summed E-state index contributed by atoms with van der Waals surface area (Å²) in [5.41, 5.74) is 4.80. The summed E-state index contributed by atoms with van der Waals surface area (Å²) >= 11 is 0. The van der Waals surface area contributed by atoms with Gasteiger partial charge in [0.05, 0.1) is 6.61 Å². The van der Waals surface area contributed by atoms with E-state index in [4.69, 9.17) is 10.5 Å². The average Bonchev–Trinajstić information content (AvgIpc) is 2.64. The van der Waals surface area contributed by atoms with E-state index in [0.717, 1.165) is 6.42 Å². The quantitative estimate of drug-likeness (QED) is 0.795. The highest BCUT2D eigenvalue weighted by Gasteiger charge is 2.33. The van der Waals surface area contributed by atoms with Gasteiger partial charge in [-0.05, 0) is 13.3 Å². The normalized spacial score (nSPS) is 15.7. The summed E-state index contributed by atoms with van der Waals surface area (Å²) in [6.45, 7) is 4.14. The van der Waals surface area contributed by atoms with Crippen molar-refractivity contribution in [3.8, 4) is 0 Å². The van der Waals surface area contributed by atoms with Gasteiger partial charge < -0.3 is 15.0 Å². The maximum absolute atomic E-state index is 12.1. The third-order valence-electron chi connectivity index (χ3n) is 2.08. The van der Waals surface area contributed by atoms with Crippen molar-refractivity contribution in [2.24, 2.45) is 5.73 Å². The summed E-state index contributed by atoms with van der Waals surface area (Å²) < 4.78 is 46.1. The zero-order valence-corrected chi connectivity index (χ0v) is 10.3. The molecule has 1 aromatic rings. The second-order valence-electron chi connectivity index (χ2n) is 4.27. The highest BCUT2D eigenvalue weighted by Crippen LogP contribution is 2.22. The van der Waals surface area contributed by atoms with E-state index < -0.39 is 24.0 Å². The van der Waals surface area contributed by atoms with Crippen LogP contribution in [0.1, 0.15) is 32.0 Å². The van der Waals surface area contributed by atoms with Crippen molar-refractivity contribution in [3.05, 3.63) is 11.7 Å². The van der Waals surface area contributed by atoms with E-state index in [1.54, 1.807) is 6.92 Å². The van der Waals surface area contributed by atoms with Crippen LogP contribution < -0.4 is 5.73 Å². The molecule has 18 heavy (non-hydrogen) atoms. The van der Waals surface area contributed by atoms with Crippen molar-refractivity contribution in [2.45, 2.75) is 38.4 Å². The molecule has 2 N–H and O–H groups in total. The summed E-state index contributed by atoms with van der Waals surface area (Å²) in [5.74, 6) is -0.484. The molecule has 0 aliphatic carbocycles. The van der Waals surface area contributed by atoms with Gasteiger partial charge >= 0.3 is 6.18 Å². The number of nitrogens with two attached hydrogens (primary N) is 1. The van der Waals surface area contributed by atoms with Crippen LogP contribution in [0.5, 0.6) is 0 Å². The first-order valence-corrected chi connectivity index (χ1v) is 5.51. The number of ether oxygens (including phenoxy) is 1. The van der Waals surface area contributed by atoms with E-state index in [9.17, 15) is 13.2 Å². The second-order valence-corrected chi connectivity index (χ2v) is 4.27. The largest absolute Gasteiger partial charge is 0.397 e. The zero-order valence-electron chi connectivity index (χ0n) is 10.3. The first kappa shape index (κ1) is 14.9. The van der Waals surface area contributed by atoms with Crippen LogP contribution >= 0.6 is 0 Å². The summed E-state index contributed by atoms with van der Waals surface area (Å²) in [5, 5.41) is 3.46. The lowest BCUT2D eigenvalue weighted by Crippen LogP contribution is -2.39. The second kappa shape index (κ2) is 5.66. The Morgan fingerprint density at radius 1 is 1.39 bits per heavy atom. The number of nitrogens with zero attached hydrogens (tertiary/aromatic N) is 2. The van der Waals surface area contributed by atoms with E-state index in [1.807, 2.05) is 6.92 Å². The molecule has 0 saturated heterocycles. The summed E-state index contributed by atoms with van der Waals surface area (Å²) in [6.07, 6.45) is -4.82. The molecule has 5 nitrogen and oxygen atoms in total. The molecular formula is C10H16F3N3O2. The minimum atomic E-state index is -4.38. The summed E-state index contributed by atoms with van der Waals surface area (Å²) in [7, 11) is 0. The van der Waals surface area contributed by atoms with Gasteiger partial charge in [-0.2, -0.15) is 18.2 Å². The number of hydrogen-bond acceptors (Lipinski definition) is 5. The van der Waals surface area contributed by atoms with Gasteiger partial charge in [0.15, 0.2) is 5.82 Å². The molecule has 0 amide bonds. The van der Waals surface area contributed by atoms with Crippen LogP contribution in [0, 0.1) is 0 Å². The van der Waals surface area contributed by atoms with Crippen LogP contribution in [0.3, 0.4) is 0 Å². The fraction of sp³-hybridized carbons (Fsp3) is 0.800. The maximum atomic E-state index is 12.1. The Bertz CT molecular complexity index is 377. The number of halogens is 3. The Kier molecular flexibility index (Phi) is 4.69. The molecule has 0 aliphatic rings. The van der Waals surface area contributed by atoms with Crippen molar-refractivity contribution in [1.29, 1.82) is 0 Å². The Hall–Kier alpha value is -1.15. The third kappa shape index (κ3) is 4.61. The minimum absolute atomic E-state index is 0.0119. The van der Waals surface area contributed by atoms with Gasteiger partial charge in [-0.3, -0.25) is 0 Å². The number of hydrogen-bond donors (Lipinski definition) is 1. The molecule has 0 fully saturated rings. The summed E-state index contributed by atoms with van der Waals surface area (Å²) in [4.78, 5) is 3.64. The molecule has 0 spiro atoms. The minimum Gasteiger partial charge on any atom is -0.379 e. The molecule has 0 bridgehead atoms. The maximum Gasteiger partial charge on any atom is 0.397 e. The lowest BCUT2D eigenvalue weighted by atomic mass is 10.1. The summed E-state index contributed by atoms with van der Waals surface area (Å²) in [6, 6.07) is 0. The number of aromatic nitrogens is 2. The molecule has 1 rings (SSSR count). The van der Waals surface area contributed by atoms with Gasteiger partial charge in [0.1, 0.15) is 12.0 Å². The average molecular weight is 267 g/mol. The Morgan fingerprint density at radius 2 is 2.06 bits per heavy atom. The Balaban J connectivity index is 2.66. The molecule has 8 heteroatoms. The van der Waals surface area contributed by atoms with E-state index in [0.29, 0.717) is 6.61 Å². The fourth-order valence-corrected chi connectivity index (χ4v) is 1.22. The van der Waals surface area contributed by atoms with E-state index in [-0.39, 0.29) is 12.4 Å². The van der Waals surface area contributed by atoms with Gasteiger partial charge in [0, 0.05) is 6.61 Å². The van der Waals surface area contributed by atoms with Gasteiger partial charge in [0.2, 0.25) is 5.89 Å². The van der Waals surface area contributed by atoms with Gasteiger partial charge in [-0.1, -0.05) is 12.1 Å². The number of alkyl halides is 3. The van der Waals surface area contributed by atoms with Crippen molar-refractivity contribution in [1.82, 2.24) is 10.1 Å². The van der Waals surface area contributed by atoms with Crippen molar-refractivity contribution < 1.29 is 22.4 Å². The van der Waals surface area contributed by atoms with E-state index in [1.165, 1.54) is 0 Å². The fourth-order valence-electron chi connectivity index (χ4n) is 1.22. The Labute approximate surface area is 102 Å². The van der Waals surface area contributed by atoms with Crippen LogP contribution in [0.2, 0.25) is 0 Å². The molecule has 1 atom stereocenters. The monoisotopic (exact) mass is 267 g/mol. The molecule has 0 aliphatic heterocycles. The predicted octanol–water partition coefficient (Wildman–Crippen LogP) is 1.77. The third-order valence-corrected chi connectivity index (χ3v) is 2.08. The lowest BCUT2D eigenvalue weighted by Gasteiger charge is -2.19. The molecule has 1 unspecified atom stereocenters. The van der Waals surface area contributed by atoms with Gasteiger partial charge in [-0.15, -0.1) is 0 Å². The van der Waals surface area contributed by atoms with Crippen molar-refractivity contribution in [2.75, 3.05) is 13.2 Å². The molecule has 1 aromatic heterocycles. The molecular weight excluding hydrogens is 251 g/mol. The highest BCUT2D eigenvalue weighted by atomic mass is 19.4. The smallest absolute Gasteiger partial charge is 0.379 e. The zero-order chi connectivity index (χ0) is 13.8. The van der Waals surface area contributed by atoms with Crippen LogP contribution in [0.25, 0.3) is 0 Å². The van der Waals surface area contributed by atoms with E-state index in [2.05, 4.69) is 14.7 Å². The molecule has 104 valence electrons. The molecule has 0 radical (unpaired) electrons. The van der Waals surface area contributed by atoms with Crippen molar-refractivity contribution >= 4 is 0 Å². The van der Waals surface area contributed by atoms with E-state index >= 15 is 0 Å². The van der Waals surface area contributed by atoms with Crippen molar-refractivity contribution in [3.63, 3.8) is 0 Å².